The van der Waals surface area contributed by atoms with E-state index in [1.807, 2.05) is 0 Å². The van der Waals surface area contributed by atoms with Crippen LogP contribution in [0.4, 0.5) is 0 Å². The summed E-state index contributed by atoms with van der Waals surface area (Å²) in [6.07, 6.45) is 1.11. The molecule has 1 rings (SSSR count). The van der Waals surface area contributed by atoms with Gasteiger partial charge in [-0.05, 0) is 49.8 Å². The lowest BCUT2D eigenvalue weighted by Gasteiger charge is -2.21. The van der Waals surface area contributed by atoms with Gasteiger partial charge in [-0.25, -0.2) is 0 Å². The van der Waals surface area contributed by atoms with Crippen LogP contribution in [0.3, 0.4) is 0 Å². The third-order valence-electron chi connectivity index (χ3n) is 2.39. The molecule has 78 valence electrons. The van der Waals surface area contributed by atoms with Crippen LogP contribution in [0.1, 0.15) is 43.3 Å². The Balaban J connectivity index is 3.09. The molecular weight excluding hydrogens is 170 g/mol. The van der Waals surface area contributed by atoms with E-state index in [0.29, 0.717) is 5.41 Å². The molecule has 1 heterocycles. The largest absolute Gasteiger partial charge is 0.258 e. The predicted octanol–water partition coefficient (Wildman–Crippen LogP) is 3.60. The Hall–Kier alpha value is -0.850. The van der Waals surface area contributed by atoms with Crippen LogP contribution in [0.2, 0.25) is 0 Å². The molecule has 0 bridgehead atoms. The van der Waals surface area contributed by atoms with E-state index in [1.165, 1.54) is 16.8 Å². The molecule has 0 saturated heterocycles. The Labute approximate surface area is 87.6 Å². The van der Waals surface area contributed by atoms with Gasteiger partial charge in [0.1, 0.15) is 0 Å². The SMILES string of the molecule is Cc1cc(C)c(CC(C)(C)C)c(C)n1. The van der Waals surface area contributed by atoms with Gasteiger partial charge in [0.05, 0.1) is 0 Å². The van der Waals surface area contributed by atoms with Gasteiger partial charge in [-0.3, -0.25) is 4.98 Å². The van der Waals surface area contributed by atoms with Gasteiger partial charge in [0.15, 0.2) is 0 Å². The third kappa shape index (κ3) is 2.83. The maximum absolute atomic E-state index is 4.52. The quantitative estimate of drug-likeness (QED) is 0.661. The normalized spacial score (nSPS) is 11.9. The molecule has 0 amide bonds. The highest BCUT2D eigenvalue weighted by atomic mass is 14.7. The molecule has 0 saturated carbocycles. The molecule has 0 aliphatic rings. The van der Waals surface area contributed by atoms with Crippen LogP contribution in [0.5, 0.6) is 0 Å². The lowest BCUT2D eigenvalue weighted by atomic mass is 9.86. The average Bonchev–Trinajstić information content (AvgIpc) is 1.95. The van der Waals surface area contributed by atoms with Gasteiger partial charge in [0.2, 0.25) is 0 Å². The minimum atomic E-state index is 0.340. The van der Waals surface area contributed by atoms with Gasteiger partial charge in [-0.15, -0.1) is 0 Å². The van der Waals surface area contributed by atoms with Crippen LogP contribution in [0, 0.1) is 26.2 Å². The molecule has 0 aromatic carbocycles. The molecule has 1 nitrogen and oxygen atoms in total. The van der Waals surface area contributed by atoms with Gasteiger partial charge < -0.3 is 0 Å². The minimum absolute atomic E-state index is 0.340. The van der Waals surface area contributed by atoms with Crippen molar-refractivity contribution in [3.63, 3.8) is 0 Å². The Morgan fingerprint density at radius 2 is 1.71 bits per heavy atom. The Morgan fingerprint density at radius 3 is 2.14 bits per heavy atom. The zero-order chi connectivity index (χ0) is 10.9. The average molecular weight is 191 g/mol. The van der Waals surface area contributed by atoms with Crippen LogP contribution in [0.25, 0.3) is 0 Å². The summed E-state index contributed by atoms with van der Waals surface area (Å²) in [5, 5.41) is 0. The number of aromatic nitrogens is 1. The maximum Gasteiger partial charge on any atom is 0.0410 e. The molecule has 0 aliphatic carbocycles. The summed E-state index contributed by atoms with van der Waals surface area (Å²) < 4.78 is 0. The number of rotatable bonds is 1. The minimum Gasteiger partial charge on any atom is -0.258 e. The van der Waals surface area contributed by atoms with Crippen LogP contribution in [-0.2, 0) is 6.42 Å². The third-order valence-corrected chi connectivity index (χ3v) is 2.39. The monoisotopic (exact) mass is 191 g/mol. The predicted molar refractivity (Wildman–Crippen MR) is 61.6 cm³/mol. The van der Waals surface area contributed by atoms with Crippen molar-refractivity contribution in [2.45, 2.75) is 48.0 Å². The fourth-order valence-corrected chi connectivity index (χ4v) is 1.85. The Bertz CT molecular complexity index is 309. The molecule has 0 fully saturated rings. The van der Waals surface area contributed by atoms with Gasteiger partial charge in [0.25, 0.3) is 0 Å². The van der Waals surface area contributed by atoms with E-state index in [9.17, 15) is 0 Å². The molecule has 1 aromatic heterocycles. The van der Waals surface area contributed by atoms with E-state index in [0.717, 1.165) is 12.1 Å². The van der Waals surface area contributed by atoms with Crippen molar-refractivity contribution < 1.29 is 0 Å². The topological polar surface area (TPSA) is 12.9 Å². The highest BCUT2D eigenvalue weighted by Crippen LogP contribution is 2.24. The number of hydrogen-bond acceptors (Lipinski definition) is 1. The van der Waals surface area contributed by atoms with Crippen LogP contribution in [-0.4, -0.2) is 4.98 Å². The standard InChI is InChI=1S/C13H21N/c1-9-7-10(2)14-11(3)12(9)8-13(4,5)6/h7H,8H2,1-6H3. The van der Waals surface area contributed by atoms with E-state index in [4.69, 9.17) is 0 Å². The van der Waals surface area contributed by atoms with Crippen LogP contribution < -0.4 is 0 Å². The molecule has 14 heavy (non-hydrogen) atoms. The second-order valence-corrected chi connectivity index (χ2v) is 5.38. The summed E-state index contributed by atoms with van der Waals surface area (Å²) >= 11 is 0. The van der Waals surface area contributed by atoms with Gasteiger partial charge >= 0.3 is 0 Å². The first-order valence-corrected chi connectivity index (χ1v) is 5.23. The molecular formula is C13H21N. The Morgan fingerprint density at radius 1 is 1.14 bits per heavy atom. The molecule has 0 aliphatic heterocycles. The van der Waals surface area contributed by atoms with E-state index in [-0.39, 0.29) is 0 Å². The summed E-state index contributed by atoms with van der Waals surface area (Å²) in [6.45, 7) is 13.2. The van der Waals surface area contributed by atoms with Crippen LogP contribution in [0.15, 0.2) is 6.07 Å². The zero-order valence-electron chi connectivity index (χ0n) is 10.2. The zero-order valence-corrected chi connectivity index (χ0v) is 10.2. The molecule has 0 spiro atoms. The fourth-order valence-electron chi connectivity index (χ4n) is 1.85. The van der Waals surface area contributed by atoms with Crippen molar-refractivity contribution >= 4 is 0 Å². The summed E-state index contributed by atoms with van der Waals surface area (Å²) in [7, 11) is 0. The van der Waals surface area contributed by atoms with E-state index in [1.54, 1.807) is 0 Å². The molecule has 0 radical (unpaired) electrons. The van der Waals surface area contributed by atoms with Crippen molar-refractivity contribution in [1.29, 1.82) is 0 Å². The van der Waals surface area contributed by atoms with Crippen molar-refractivity contribution in [3.05, 3.63) is 28.6 Å². The Kier molecular flexibility index (Phi) is 2.98. The van der Waals surface area contributed by atoms with E-state index < -0.39 is 0 Å². The van der Waals surface area contributed by atoms with Crippen molar-refractivity contribution in [2.24, 2.45) is 5.41 Å². The summed E-state index contributed by atoms with van der Waals surface area (Å²) in [5.41, 5.74) is 5.45. The van der Waals surface area contributed by atoms with E-state index in [2.05, 4.69) is 52.6 Å². The van der Waals surface area contributed by atoms with Gasteiger partial charge in [0, 0.05) is 11.4 Å². The fraction of sp³-hybridized carbons (Fsp3) is 0.615. The first-order chi connectivity index (χ1) is 6.29. The van der Waals surface area contributed by atoms with Crippen LogP contribution >= 0.6 is 0 Å². The van der Waals surface area contributed by atoms with Crippen molar-refractivity contribution in [1.82, 2.24) is 4.98 Å². The van der Waals surface area contributed by atoms with Gasteiger partial charge in [-0.1, -0.05) is 20.8 Å². The van der Waals surface area contributed by atoms with Crippen molar-refractivity contribution in [3.8, 4) is 0 Å². The first kappa shape index (κ1) is 11.2. The molecule has 0 N–H and O–H groups in total. The molecule has 0 atom stereocenters. The summed E-state index contributed by atoms with van der Waals surface area (Å²) in [4.78, 5) is 4.52. The lowest BCUT2D eigenvalue weighted by molar-refractivity contribution is 0.408. The van der Waals surface area contributed by atoms with Crippen molar-refractivity contribution in [2.75, 3.05) is 0 Å². The summed E-state index contributed by atoms with van der Waals surface area (Å²) in [5.74, 6) is 0. The number of aryl methyl sites for hydroxylation is 3. The van der Waals surface area contributed by atoms with E-state index >= 15 is 0 Å². The summed E-state index contributed by atoms with van der Waals surface area (Å²) in [6, 6.07) is 2.17. The smallest absolute Gasteiger partial charge is 0.0410 e. The number of hydrogen-bond donors (Lipinski definition) is 0. The maximum atomic E-state index is 4.52. The second kappa shape index (κ2) is 3.72. The first-order valence-electron chi connectivity index (χ1n) is 5.23. The number of pyridine rings is 1. The number of nitrogens with zero attached hydrogens (tertiary/aromatic N) is 1. The second-order valence-electron chi connectivity index (χ2n) is 5.38. The molecule has 1 aromatic rings. The molecule has 0 unspecified atom stereocenters. The highest BCUT2D eigenvalue weighted by Gasteiger charge is 2.15. The highest BCUT2D eigenvalue weighted by molar-refractivity contribution is 5.31. The molecule has 1 heteroatoms. The van der Waals surface area contributed by atoms with Gasteiger partial charge in [-0.2, -0.15) is 0 Å². The lowest BCUT2D eigenvalue weighted by Crippen LogP contribution is -2.12.